The molecule has 0 bridgehead atoms. The van der Waals surface area contributed by atoms with Gasteiger partial charge in [0.1, 0.15) is 5.82 Å². The molecule has 0 saturated carbocycles. The van der Waals surface area contributed by atoms with Crippen LogP contribution in [0, 0.1) is 0 Å². The lowest BCUT2D eigenvalue weighted by atomic mass is 10.1. The molecule has 1 heterocycles. The molecular weight excluding hydrogens is 308 g/mol. The van der Waals surface area contributed by atoms with Crippen LogP contribution in [0.5, 0.6) is 0 Å². The highest BCUT2D eigenvalue weighted by Gasteiger charge is 2.06. The molecule has 0 aliphatic heterocycles. The fourth-order valence-electron chi connectivity index (χ4n) is 2.31. The number of nitrogens with one attached hydrogen (secondary N) is 2. The summed E-state index contributed by atoms with van der Waals surface area (Å²) in [6.07, 6.45) is 5.48. The number of carboxylic acids is 1. The number of carbonyl (C=O) groups excluding carboxylic acids is 1. The number of hydrogen-bond acceptors (Lipinski definition) is 3. The molecule has 2 amide bonds. The third kappa shape index (κ3) is 6.12. The van der Waals surface area contributed by atoms with E-state index in [0.29, 0.717) is 6.54 Å². The SMILES string of the molecule is O=C(O)CCNC(=O)NCc1nccn1CCCc1ccccc1. The normalized spacial score (nSPS) is 10.3. The molecule has 128 valence electrons. The molecule has 3 N–H and O–H groups in total. The van der Waals surface area contributed by atoms with E-state index in [1.807, 2.05) is 29.0 Å². The summed E-state index contributed by atoms with van der Waals surface area (Å²) in [6.45, 7) is 1.23. The number of urea groups is 1. The van der Waals surface area contributed by atoms with Crippen molar-refractivity contribution in [1.82, 2.24) is 20.2 Å². The Morgan fingerprint density at radius 1 is 1.17 bits per heavy atom. The third-order valence-electron chi connectivity index (χ3n) is 3.54. The largest absolute Gasteiger partial charge is 0.481 e. The van der Waals surface area contributed by atoms with Crippen LogP contribution in [0.2, 0.25) is 0 Å². The maximum absolute atomic E-state index is 11.6. The number of hydrogen-bond donors (Lipinski definition) is 3. The number of amides is 2. The van der Waals surface area contributed by atoms with Crippen LogP contribution in [0.15, 0.2) is 42.7 Å². The van der Waals surface area contributed by atoms with Crippen molar-refractivity contribution in [1.29, 1.82) is 0 Å². The lowest BCUT2D eigenvalue weighted by Crippen LogP contribution is -2.36. The molecule has 1 aromatic carbocycles. The Balaban J connectivity index is 1.72. The molecule has 2 aromatic rings. The van der Waals surface area contributed by atoms with E-state index in [2.05, 4.69) is 27.8 Å². The molecule has 0 radical (unpaired) electrons. The van der Waals surface area contributed by atoms with Crippen molar-refractivity contribution in [3.63, 3.8) is 0 Å². The molecule has 0 aliphatic rings. The van der Waals surface area contributed by atoms with E-state index in [1.54, 1.807) is 6.20 Å². The maximum atomic E-state index is 11.6. The Morgan fingerprint density at radius 3 is 2.71 bits per heavy atom. The van der Waals surface area contributed by atoms with Gasteiger partial charge in [-0.05, 0) is 18.4 Å². The van der Waals surface area contributed by atoms with Crippen LogP contribution < -0.4 is 10.6 Å². The predicted molar refractivity (Wildman–Crippen MR) is 89.5 cm³/mol. The lowest BCUT2D eigenvalue weighted by molar-refractivity contribution is -0.136. The van der Waals surface area contributed by atoms with Crippen LogP contribution in [0.1, 0.15) is 24.2 Å². The Labute approximate surface area is 140 Å². The van der Waals surface area contributed by atoms with Crippen LogP contribution in [-0.2, 0) is 24.3 Å². The van der Waals surface area contributed by atoms with Crippen molar-refractivity contribution in [3.8, 4) is 0 Å². The van der Waals surface area contributed by atoms with Gasteiger partial charge in [0.2, 0.25) is 0 Å². The standard InChI is InChI=1S/C17H22N4O3/c22-16(23)8-9-19-17(24)20-13-15-18-10-12-21(15)11-4-7-14-5-2-1-3-6-14/h1-3,5-6,10,12H,4,7-9,11,13H2,(H,22,23)(H2,19,20,24). The highest BCUT2D eigenvalue weighted by molar-refractivity contribution is 5.74. The van der Waals surface area contributed by atoms with Gasteiger partial charge in [-0.3, -0.25) is 4.79 Å². The summed E-state index contributed by atoms with van der Waals surface area (Å²) >= 11 is 0. The molecule has 0 saturated heterocycles. The van der Waals surface area contributed by atoms with Crippen LogP contribution in [0.4, 0.5) is 4.79 Å². The van der Waals surface area contributed by atoms with Gasteiger partial charge in [-0.1, -0.05) is 30.3 Å². The number of aliphatic carboxylic acids is 1. The molecular formula is C17H22N4O3. The van der Waals surface area contributed by atoms with E-state index in [-0.39, 0.29) is 13.0 Å². The van der Waals surface area contributed by atoms with Crippen LogP contribution >= 0.6 is 0 Å². The lowest BCUT2D eigenvalue weighted by Gasteiger charge is -2.10. The molecule has 0 aliphatic carbocycles. The predicted octanol–water partition coefficient (Wildman–Crippen LogP) is 1.79. The summed E-state index contributed by atoms with van der Waals surface area (Å²) < 4.78 is 2.01. The maximum Gasteiger partial charge on any atom is 0.315 e. The van der Waals surface area contributed by atoms with Gasteiger partial charge in [0.15, 0.2) is 0 Å². The second-order valence-corrected chi connectivity index (χ2v) is 5.38. The molecule has 0 atom stereocenters. The molecule has 0 fully saturated rings. The minimum absolute atomic E-state index is 0.0957. The number of benzene rings is 1. The van der Waals surface area contributed by atoms with Gasteiger partial charge in [0.05, 0.1) is 13.0 Å². The van der Waals surface area contributed by atoms with Gasteiger partial charge in [-0.2, -0.15) is 0 Å². The first-order valence-corrected chi connectivity index (χ1v) is 7.92. The van der Waals surface area contributed by atoms with Gasteiger partial charge in [0, 0.05) is 25.5 Å². The fourth-order valence-corrected chi connectivity index (χ4v) is 2.31. The number of rotatable bonds is 9. The van der Waals surface area contributed by atoms with Crippen molar-refractivity contribution in [2.75, 3.05) is 6.54 Å². The fraction of sp³-hybridized carbons (Fsp3) is 0.353. The molecule has 7 heteroatoms. The van der Waals surface area contributed by atoms with E-state index in [4.69, 9.17) is 5.11 Å². The highest BCUT2D eigenvalue weighted by atomic mass is 16.4. The van der Waals surface area contributed by atoms with Crippen molar-refractivity contribution < 1.29 is 14.7 Å². The van der Waals surface area contributed by atoms with Gasteiger partial charge in [0.25, 0.3) is 0 Å². The van der Waals surface area contributed by atoms with Crippen molar-refractivity contribution >= 4 is 12.0 Å². The Morgan fingerprint density at radius 2 is 1.96 bits per heavy atom. The summed E-state index contributed by atoms with van der Waals surface area (Å²) in [4.78, 5) is 26.2. The molecule has 7 nitrogen and oxygen atoms in total. The molecule has 0 unspecified atom stereocenters. The summed E-state index contributed by atoms with van der Waals surface area (Å²) in [5.41, 5.74) is 1.30. The average Bonchev–Trinajstić information content (AvgIpc) is 3.01. The minimum Gasteiger partial charge on any atom is -0.481 e. The van der Waals surface area contributed by atoms with E-state index in [1.165, 1.54) is 5.56 Å². The third-order valence-corrected chi connectivity index (χ3v) is 3.54. The first-order chi connectivity index (χ1) is 11.6. The zero-order valence-corrected chi connectivity index (χ0v) is 13.4. The summed E-state index contributed by atoms with van der Waals surface area (Å²) in [6, 6.07) is 9.89. The second kappa shape index (κ2) is 9.34. The number of aryl methyl sites for hydroxylation is 2. The molecule has 24 heavy (non-hydrogen) atoms. The Hall–Kier alpha value is -2.83. The van der Waals surface area contributed by atoms with Crippen molar-refractivity contribution in [3.05, 3.63) is 54.1 Å². The smallest absolute Gasteiger partial charge is 0.315 e. The Kier molecular flexibility index (Phi) is 6.82. The van der Waals surface area contributed by atoms with E-state index in [0.717, 1.165) is 25.2 Å². The van der Waals surface area contributed by atoms with Crippen molar-refractivity contribution in [2.24, 2.45) is 0 Å². The van der Waals surface area contributed by atoms with Crippen LogP contribution in [0.3, 0.4) is 0 Å². The zero-order valence-electron chi connectivity index (χ0n) is 13.4. The van der Waals surface area contributed by atoms with Crippen LogP contribution in [0.25, 0.3) is 0 Å². The quantitative estimate of drug-likeness (QED) is 0.653. The number of aromatic nitrogens is 2. The number of carbonyl (C=O) groups is 2. The van der Waals surface area contributed by atoms with Crippen molar-refractivity contribution in [2.45, 2.75) is 32.4 Å². The van der Waals surface area contributed by atoms with Gasteiger partial charge < -0.3 is 20.3 Å². The summed E-state index contributed by atoms with van der Waals surface area (Å²) in [7, 11) is 0. The molecule has 2 rings (SSSR count). The van der Waals surface area contributed by atoms with Gasteiger partial charge in [-0.25, -0.2) is 9.78 Å². The summed E-state index contributed by atoms with van der Waals surface area (Å²) in [5, 5.41) is 13.7. The van der Waals surface area contributed by atoms with Gasteiger partial charge >= 0.3 is 12.0 Å². The summed E-state index contributed by atoms with van der Waals surface area (Å²) in [5.74, 6) is -0.166. The number of imidazole rings is 1. The average molecular weight is 330 g/mol. The van der Waals surface area contributed by atoms with Crippen LogP contribution in [-0.4, -0.2) is 33.2 Å². The Bertz CT molecular complexity index is 655. The number of carboxylic acid groups (broad SMARTS) is 1. The topological polar surface area (TPSA) is 96.2 Å². The zero-order chi connectivity index (χ0) is 17.2. The number of nitrogens with zero attached hydrogens (tertiary/aromatic N) is 2. The monoisotopic (exact) mass is 330 g/mol. The van der Waals surface area contributed by atoms with Gasteiger partial charge in [-0.15, -0.1) is 0 Å². The first-order valence-electron chi connectivity index (χ1n) is 7.92. The van der Waals surface area contributed by atoms with E-state index >= 15 is 0 Å². The first kappa shape index (κ1) is 17.5. The molecule has 0 spiro atoms. The minimum atomic E-state index is -0.941. The van der Waals surface area contributed by atoms with E-state index in [9.17, 15) is 9.59 Å². The molecule has 1 aromatic heterocycles. The second-order valence-electron chi connectivity index (χ2n) is 5.38. The highest BCUT2D eigenvalue weighted by Crippen LogP contribution is 2.05. The van der Waals surface area contributed by atoms with E-state index < -0.39 is 12.0 Å².